The molecular weight excluding hydrogens is 562 g/mol. The van der Waals surface area contributed by atoms with Gasteiger partial charge in [-0.2, -0.15) is 0 Å². The maximum Gasteiger partial charge on any atom is 0.257 e. The van der Waals surface area contributed by atoms with Crippen molar-refractivity contribution in [2.45, 2.75) is 42.5 Å². The molecule has 218 valence electrons. The van der Waals surface area contributed by atoms with Gasteiger partial charge in [0.05, 0.1) is 29.2 Å². The first-order valence-electron chi connectivity index (χ1n) is 13.4. The summed E-state index contributed by atoms with van der Waals surface area (Å²) < 4.78 is 0.940. The van der Waals surface area contributed by atoms with Crippen molar-refractivity contribution in [3.8, 4) is 0 Å². The molecule has 1 aliphatic heterocycles. The fourth-order valence-electron chi connectivity index (χ4n) is 4.32. The van der Waals surface area contributed by atoms with Gasteiger partial charge in [0.15, 0.2) is 5.13 Å². The maximum atomic E-state index is 13.0. The van der Waals surface area contributed by atoms with Gasteiger partial charge in [-0.25, -0.2) is 4.98 Å². The number of nitrogens with one attached hydrogen (secondary N) is 2. The monoisotopic (exact) mass is 597 g/mol. The molecule has 0 aliphatic carbocycles. The summed E-state index contributed by atoms with van der Waals surface area (Å²) in [6, 6.07) is 14.3. The third-order valence-corrected chi connectivity index (χ3v) is 9.01. The van der Waals surface area contributed by atoms with Crippen LogP contribution in [0.5, 0.6) is 0 Å². The molecule has 3 amide bonds. The molecule has 0 saturated carbocycles. The zero-order chi connectivity index (χ0) is 29.4. The Balaban J connectivity index is 1.26. The SMILES string of the molecule is CC(=O)N1CCN(C(=O)c2cccc(CSc3cnc(NC(=O)c4ccc(CN[C@@H](CO)[C@H](C)O)cc4)s3)c2)CC1. The normalized spacial score (nSPS) is 14.9. The Kier molecular flexibility index (Phi) is 10.9. The number of rotatable bonds is 11. The third-order valence-electron chi connectivity index (χ3n) is 6.84. The molecule has 1 aliphatic rings. The lowest BCUT2D eigenvalue weighted by molar-refractivity contribution is -0.130. The van der Waals surface area contributed by atoms with E-state index in [-0.39, 0.29) is 24.3 Å². The van der Waals surface area contributed by atoms with Crippen LogP contribution in [0.15, 0.2) is 58.9 Å². The van der Waals surface area contributed by atoms with Crippen molar-refractivity contribution in [1.82, 2.24) is 20.1 Å². The molecule has 41 heavy (non-hydrogen) atoms. The van der Waals surface area contributed by atoms with Gasteiger partial charge in [-0.05, 0) is 42.3 Å². The highest BCUT2D eigenvalue weighted by Gasteiger charge is 2.23. The highest BCUT2D eigenvalue weighted by molar-refractivity contribution is 8.00. The number of carbonyl (C=O) groups is 3. The number of anilines is 1. The van der Waals surface area contributed by atoms with Crippen molar-refractivity contribution in [2.75, 3.05) is 38.1 Å². The van der Waals surface area contributed by atoms with Gasteiger partial charge in [-0.15, -0.1) is 11.8 Å². The summed E-state index contributed by atoms with van der Waals surface area (Å²) in [5.41, 5.74) is 3.07. The van der Waals surface area contributed by atoms with Crippen molar-refractivity contribution < 1.29 is 24.6 Å². The number of aliphatic hydroxyl groups is 2. The first-order chi connectivity index (χ1) is 19.7. The van der Waals surface area contributed by atoms with Crippen LogP contribution >= 0.6 is 23.1 Å². The summed E-state index contributed by atoms with van der Waals surface area (Å²) in [7, 11) is 0. The van der Waals surface area contributed by atoms with Gasteiger partial charge in [0.25, 0.3) is 11.8 Å². The van der Waals surface area contributed by atoms with Crippen LogP contribution in [0.4, 0.5) is 5.13 Å². The number of nitrogens with zero attached hydrogens (tertiary/aromatic N) is 3. The fraction of sp³-hybridized carbons (Fsp3) is 0.379. The van der Waals surface area contributed by atoms with Gasteiger partial charge in [0, 0.05) is 56.5 Å². The van der Waals surface area contributed by atoms with Crippen LogP contribution in [0.1, 0.15) is 45.7 Å². The quantitative estimate of drug-likeness (QED) is 0.248. The summed E-state index contributed by atoms with van der Waals surface area (Å²) in [5, 5.41) is 25.4. The number of hydrogen-bond acceptors (Lipinski definition) is 9. The van der Waals surface area contributed by atoms with Gasteiger partial charge >= 0.3 is 0 Å². The lowest BCUT2D eigenvalue weighted by Gasteiger charge is -2.34. The predicted molar refractivity (Wildman–Crippen MR) is 160 cm³/mol. The smallest absolute Gasteiger partial charge is 0.257 e. The van der Waals surface area contributed by atoms with Crippen LogP contribution in [-0.4, -0.2) is 87.7 Å². The van der Waals surface area contributed by atoms with Crippen LogP contribution in [-0.2, 0) is 17.1 Å². The molecule has 0 bridgehead atoms. The minimum absolute atomic E-state index is 0.0266. The Bertz CT molecular complexity index is 1340. The zero-order valence-corrected chi connectivity index (χ0v) is 24.7. The van der Waals surface area contributed by atoms with Crippen LogP contribution in [0, 0.1) is 0 Å². The van der Waals surface area contributed by atoms with Crippen molar-refractivity contribution in [2.24, 2.45) is 0 Å². The summed E-state index contributed by atoms with van der Waals surface area (Å²) in [4.78, 5) is 45.1. The summed E-state index contributed by atoms with van der Waals surface area (Å²) in [6.07, 6.45) is 1.05. The van der Waals surface area contributed by atoms with Gasteiger partial charge in [-0.1, -0.05) is 35.6 Å². The maximum absolute atomic E-state index is 13.0. The standard InChI is InChI=1S/C29H35N5O5S2/c1-19(36)25(17-35)30-15-21-6-8-23(9-7-21)27(38)32-29-31-16-26(41-29)40-18-22-4-3-5-24(14-22)28(39)34-12-10-33(11-13-34)20(2)37/h3-9,14,16,19,25,30,35-36H,10-13,15,17-18H2,1-2H3,(H,31,32,38)/t19-,25-/m0/s1. The van der Waals surface area contributed by atoms with Gasteiger partial charge < -0.3 is 25.3 Å². The van der Waals surface area contributed by atoms with E-state index in [9.17, 15) is 24.6 Å². The molecule has 0 spiro atoms. The largest absolute Gasteiger partial charge is 0.395 e. The molecule has 12 heteroatoms. The van der Waals surface area contributed by atoms with E-state index in [0.717, 1.165) is 15.3 Å². The summed E-state index contributed by atoms with van der Waals surface area (Å²) in [6.45, 7) is 5.63. The number of benzene rings is 2. The Hall–Kier alpha value is -3.29. The van der Waals surface area contributed by atoms with E-state index in [4.69, 9.17) is 0 Å². The third kappa shape index (κ3) is 8.60. The van der Waals surface area contributed by atoms with Crippen molar-refractivity contribution in [3.63, 3.8) is 0 Å². The van der Waals surface area contributed by atoms with Gasteiger partial charge in [-0.3, -0.25) is 19.7 Å². The highest BCUT2D eigenvalue weighted by atomic mass is 32.2. The van der Waals surface area contributed by atoms with Gasteiger partial charge in [0.2, 0.25) is 5.91 Å². The molecule has 2 heterocycles. The van der Waals surface area contributed by atoms with E-state index in [0.29, 0.717) is 54.7 Å². The molecule has 10 nitrogen and oxygen atoms in total. The van der Waals surface area contributed by atoms with E-state index < -0.39 is 12.1 Å². The molecule has 4 rings (SSSR count). The van der Waals surface area contributed by atoms with Crippen LogP contribution in [0.2, 0.25) is 0 Å². The topological polar surface area (TPSA) is 135 Å². The zero-order valence-electron chi connectivity index (χ0n) is 23.1. The minimum atomic E-state index is -0.674. The lowest BCUT2D eigenvalue weighted by Crippen LogP contribution is -2.50. The van der Waals surface area contributed by atoms with E-state index in [2.05, 4.69) is 15.6 Å². The first kappa shape index (κ1) is 30.7. The Morgan fingerprint density at radius 1 is 1.02 bits per heavy atom. The van der Waals surface area contributed by atoms with E-state index in [1.54, 1.807) is 53.7 Å². The van der Waals surface area contributed by atoms with E-state index in [1.165, 1.54) is 11.3 Å². The minimum Gasteiger partial charge on any atom is -0.395 e. The number of aliphatic hydroxyl groups excluding tert-OH is 2. The number of carbonyl (C=O) groups excluding carboxylic acids is 3. The molecular formula is C29H35N5O5S2. The molecule has 1 fully saturated rings. The van der Waals surface area contributed by atoms with Crippen molar-refractivity contribution in [1.29, 1.82) is 0 Å². The summed E-state index contributed by atoms with van der Waals surface area (Å²) in [5.74, 6) is 0.396. The predicted octanol–water partition coefficient (Wildman–Crippen LogP) is 2.82. The summed E-state index contributed by atoms with van der Waals surface area (Å²) >= 11 is 2.97. The molecule has 3 aromatic rings. The van der Waals surface area contributed by atoms with Gasteiger partial charge in [0.1, 0.15) is 0 Å². The molecule has 0 unspecified atom stereocenters. The molecule has 1 saturated heterocycles. The molecule has 1 aromatic heterocycles. The van der Waals surface area contributed by atoms with Crippen LogP contribution in [0.3, 0.4) is 0 Å². The second kappa shape index (κ2) is 14.6. The number of aromatic nitrogens is 1. The number of amides is 3. The highest BCUT2D eigenvalue weighted by Crippen LogP contribution is 2.31. The first-order valence-corrected chi connectivity index (χ1v) is 15.2. The van der Waals surface area contributed by atoms with Crippen molar-refractivity contribution in [3.05, 3.63) is 77.0 Å². The lowest BCUT2D eigenvalue weighted by atomic mass is 10.1. The Morgan fingerprint density at radius 3 is 2.39 bits per heavy atom. The van der Waals surface area contributed by atoms with Crippen LogP contribution in [0.25, 0.3) is 0 Å². The number of thiazole rings is 1. The Morgan fingerprint density at radius 2 is 1.73 bits per heavy atom. The average molecular weight is 598 g/mol. The fourth-order valence-corrected chi connectivity index (χ4v) is 6.13. The van der Waals surface area contributed by atoms with E-state index >= 15 is 0 Å². The Labute approximate surface area is 247 Å². The molecule has 2 aromatic carbocycles. The number of hydrogen-bond donors (Lipinski definition) is 4. The number of piperazine rings is 1. The second-order valence-corrected chi connectivity index (χ2v) is 12.1. The molecule has 2 atom stereocenters. The van der Waals surface area contributed by atoms with Crippen LogP contribution < -0.4 is 10.6 Å². The molecule has 0 radical (unpaired) electrons. The average Bonchev–Trinajstić information content (AvgIpc) is 3.43. The van der Waals surface area contributed by atoms with Crippen molar-refractivity contribution >= 4 is 46.0 Å². The second-order valence-electron chi connectivity index (χ2n) is 9.83. The molecule has 4 N–H and O–H groups in total. The van der Waals surface area contributed by atoms with E-state index in [1.807, 2.05) is 36.4 Å². The number of thioether (sulfide) groups is 1.